The molecular formula is C9H6F3NS. The maximum absolute atomic E-state index is 12.2. The van der Waals surface area contributed by atoms with Crippen molar-refractivity contribution in [3.05, 3.63) is 41.7 Å². The summed E-state index contributed by atoms with van der Waals surface area (Å²) in [6.45, 7) is 6.45. The molecule has 0 amide bonds. The number of rotatable bonds is 2. The van der Waals surface area contributed by atoms with Crippen molar-refractivity contribution < 1.29 is 13.2 Å². The van der Waals surface area contributed by atoms with Crippen molar-refractivity contribution in [2.24, 2.45) is 0 Å². The van der Waals surface area contributed by atoms with E-state index in [0.29, 0.717) is 16.7 Å². The lowest BCUT2D eigenvalue weighted by molar-refractivity contribution is -0.120. The highest BCUT2D eigenvalue weighted by Crippen LogP contribution is 2.35. The van der Waals surface area contributed by atoms with E-state index in [1.807, 2.05) is 0 Å². The maximum Gasteiger partial charge on any atom is 0.477 e. The second kappa shape index (κ2) is 4.38. The summed E-state index contributed by atoms with van der Waals surface area (Å²) in [6, 6.07) is 8.09. The van der Waals surface area contributed by atoms with E-state index in [4.69, 9.17) is 6.57 Å². The second-order valence-corrected chi connectivity index (χ2v) is 3.61. The van der Waals surface area contributed by atoms with Crippen molar-refractivity contribution in [1.82, 2.24) is 0 Å². The molecule has 14 heavy (non-hydrogen) atoms. The van der Waals surface area contributed by atoms with Gasteiger partial charge < -0.3 is 0 Å². The van der Waals surface area contributed by atoms with Gasteiger partial charge in [0.25, 0.3) is 0 Å². The fraction of sp³-hybridized carbons (Fsp3) is 0.222. The molecule has 1 atom stereocenters. The molecular weight excluding hydrogens is 211 g/mol. The lowest BCUT2D eigenvalue weighted by atomic mass is 10.4. The molecule has 0 saturated heterocycles. The Hall–Kier alpha value is -1.15. The predicted molar refractivity (Wildman–Crippen MR) is 48.7 cm³/mol. The fourth-order valence-corrected chi connectivity index (χ4v) is 1.55. The van der Waals surface area contributed by atoms with E-state index in [2.05, 4.69) is 4.85 Å². The number of thioether (sulfide) groups is 1. The molecule has 0 aliphatic carbocycles. The van der Waals surface area contributed by atoms with Gasteiger partial charge in [-0.2, -0.15) is 13.2 Å². The lowest BCUT2D eigenvalue weighted by Gasteiger charge is -2.08. The van der Waals surface area contributed by atoms with Gasteiger partial charge in [-0.05, 0) is 23.9 Å². The fourth-order valence-electron chi connectivity index (χ4n) is 0.794. The Labute approximate surface area is 83.7 Å². The Morgan fingerprint density at radius 3 is 2.21 bits per heavy atom. The first-order valence-corrected chi connectivity index (χ1v) is 4.57. The summed E-state index contributed by atoms with van der Waals surface area (Å²) in [4.78, 5) is 2.99. The summed E-state index contributed by atoms with van der Waals surface area (Å²) in [5.41, 5.74) is 0. The van der Waals surface area contributed by atoms with Crippen LogP contribution in [-0.2, 0) is 0 Å². The molecule has 0 aliphatic heterocycles. The summed E-state index contributed by atoms with van der Waals surface area (Å²) in [5, 5.41) is -2.01. The Balaban J connectivity index is 2.74. The van der Waals surface area contributed by atoms with Gasteiger partial charge >= 0.3 is 11.6 Å². The largest absolute Gasteiger partial charge is 0.477 e. The minimum absolute atomic E-state index is 0.450. The predicted octanol–water partition coefficient (Wildman–Crippen LogP) is 3.59. The van der Waals surface area contributed by atoms with E-state index in [1.165, 1.54) is 0 Å². The zero-order valence-corrected chi connectivity index (χ0v) is 7.77. The van der Waals surface area contributed by atoms with Crippen molar-refractivity contribution in [2.45, 2.75) is 16.4 Å². The molecule has 0 spiro atoms. The summed E-state index contributed by atoms with van der Waals surface area (Å²) in [5.74, 6) is 0. The number of halogens is 3. The van der Waals surface area contributed by atoms with Crippen LogP contribution in [-0.4, -0.2) is 11.6 Å². The highest BCUT2D eigenvalue weighted by molar-refractivity contribution is 8.00. The van der Waals surface area contributed by atoms with E-state index in [1.54, 1.807) is 30.3 Å². The zero-order chi connectivity index (χ0) is 10.6. The summed E-state index contributed by atoms with van der Waals surface area (Å²) < 4.78 is 36.5. The SMILES string of the molecule is [C-]#[N+]C(Sc1ccccc1)C(F)(F)F. The average Bonchev–Trinajstić information content (AvgIpc) is 2.14. The molecule has 0 heterocycles. The molecule has 1 unspecified atom stereocenters. The summed E-state index contributed by atoms with van der Waals surface area (Å²) in [6.07, 6.45) is -4.47. The van der Waals surface area contributed by atoms with Crippen LogP contribution in [0, 0.1) is 6.57 Å². The first kappa shape index (κ1) is 10.9. The number of hydrogen-bond donors (Lipinski definition) is 0. The van der Waals surface area contributed by atoms with Crippen molar-refractivity contribution in [3.63, 3.8) is 0 Å². The molecule has 0 N–H and O–H groups in total. The van der Waals surface area contributed by atoms with Gasteiger partial charge in [0.2, 0.25) is 0 Å². The molecule has 0 aromatic heterocycles. The van der Waals surface area contributed by atoms with Gasteiger partial charge in [-0.15, -0.1) is 0 Å². The first-order chi connectivity index (χ1) is 6.54. The lowest BCUT2D eigenvalue weighted by Crippen LogP contribution is -2.21. The van der Waals surface area contributed by atoms with Crippen LogP contribution in [0.1, 0.15) is 0 Å². The number of nitrogens with zero attached hydrogens (tertiary/aromatic N) is 1. The normalized spacial score (nSPS) is 13.3. The third-order valence-corrected chi connectivity index (χ3v) is 2.53. The van der Waals surface area contributed by atoms with Gasteiger partial charge in [0.1, 0.15) is 0 Å². The van der Waals surface area contributed by atoms with Gasteiger partial charge in [-0.1, -0.05) is 18.2 Å². The van der Waals surface area contributed by atoms with Crippen molar-refractivity contribution in [3.8, 4) is 0 Å². The van der Waals surface area contributed by atoms with E-state index in [0.717, 1.165) is 0 Å². The molecule has 0 saturated carbocycles. The quantitative estimate of drug-likeness (QED) is 0.541. The third kappa shape index (κ3) is 2.96. The third-order valence-electron chi connectivity index (χ3n) is 1.39. The first-order valence-electron chi connectivity index (χ1n) is 3.69. The van der Waals surface area contributed by atoms with Gasteiger partial charge in [0, 0.05) is 4.90 Å². The smallest absolute Gasteiger partial charge is 0.291 e. The highest BCUT2D eigenvalue weighted by atomic mass is 32.2. The minimum atomic E-state index is -4.47. The van der Waals surface area contributed by atoms with Crippen LogP contribution in [0.4, 0.5) is 13.2 Å². The average molecular weight is 217 g/mol. The van der Waals surface area contributed by atoms with Crippen LogP contribution >= 0.6 is 11.8 Å². The monoisotopic (exact) mass is 217 g/mol. The van der Waals surface area contributed by atoms with E-state index >= 15 is 0 Å². The summed E-state index contributed by atoms with van der Waals surface area (Å²) in [7, 11) is 0. The van der Waals surface area contributed by atoms with E-state index in [-0.39, 0.29) is 0 Å². The van der Waals surface area contributed by atoms with Crippen molar-refractivity contribution in [1.29, 1.82) is 0 Å². The Morgan fingerprint density at radius 1 is 1.21 bits per heavy atom. The topological polar surface area (TPSA) is 4.36 Å². The number of hydrogen-bond acceptors (Lipinski definition) is 1. The molecule has 0 fully saturated rings. The van der Waals surface area contributed by atoms with Gasteiger partial charge in [0.15, 0.2) is 0 Å². The Morgan fingerprint density at radius 2 is 1.79 bits per heavy atom. The second-order valence-electron chi connectivity index (χ2n) is 2.45. The van der Waals surface area contributed by atoms with Crippen LogP contribution in [0.25, 0.3) is 4.85 Å². The molecule has 74 valence electrons. The molecule has 1 aromatic rings. The van der Waals surface area contributed by atoms with Gasteiger partial charge in [0.05, 0.1) is 0 Å². The van der Waals surface area contributed by atoms with Crippen LogP contribution in [0.3, 0.4) is 0 Å². The molecule has 1 aromatic carbocycles. The van der Waals surface area contributed by atoms with Crippen LogP contribution < -0.4 is 0 Å². The number of benzene rings is 1. The Bertz CT molecular complexity index is 328. The highest BCUT2D eigenvalue weighted by Gasteiger charge is 2.46. The molecule has 0 aliphatic rings. The van der Waals surface area contributed by atoms with Crippen molar-refractivity contribution in [2.75, 3.05) is 0 Å². The van der Waals surface area contributed by atoms with Crippen LogP contribution in [0.2, 0.25) is 0 Å². The zero-order valence-electron chi connectivity index (χ0n) is 6.95. The summed E-state index contributed by atoms with van der Waals surface area (Å²) >= 11 is 0.516. The van der Waals surface area contributed by atoms with E-state index < -0.39 is 11.6 Å². The van der Waals surface area contributed by atoms with Crippen LogP contribution in [0.15, 0.2) is 35.2 Å². The maximum atomic E-state index is 12.2. The minimum Gasteiger partial charge on any atom is -0.291 e. The molecule has 1 nitrogen and oxygen atoms in total. The molecule has 0 radical (unpaired) electrons. The standard InChI is InChI=1S/C9H6F3NS/c1-13-8(9(10,11)12)14-7-5-3-2-4-6-7/h2-6,8H. The number of alkyl halides is 3. The van der Waals surface area contributed by atoms with Crippen LogP contribution in [0.5, 0.6) is 0 Å². The van der Waals surface area contributed by atoms with Gasteiger partial charge in [-0.3, -0.25) is 4.85 Å². The molecule has 1 rings (SSSR count). The van der Waals surface area contributed by atoms with Crippen molar-refractivity contribution >= 4 is 11.8 Å². The Kier molecular flexibility index (Phi) is 3.42. The van der Waals surface area contributed by atoms with E-state index in [9.17, 15) is 13.2 Å². The van der Waals surface area contributed by atoms with Gasteiger partial charge in [-0.25, -0.2) is 6.57 Å². The molecule has 0 bridgehead atoms. The molecule has 5 heteroatoms.